The van der Waals surface area contributed by atoms with E-state index in [0.717, 1.165) is 5.56 Å². The lowest BCUT2D eigenvalue weighted by Crippen LogP contribution is -2.22. The molecule has 0 spiro atoms. The standard InChI is InChI=1S/C12H18N2O2/c1-8(2)9-6-10(12(15)14(3)4)11(16-5)13-7-9/h6-8H,1-5H3. The van der Waals surface area contributed by atoms with Crippen LogP contribution in [-0.2, 0) is 0 Å². The summed E-state index contributed by atoms with van der Waals surface area (Å²) in [5.74, 6) is 0.627. The van der Waals surface area contributed by atoms with Crippen LogP contribution in [-0.4, -0.2) is 37.0 Å². The highest BCUT2D eigenvalue weighted by molar-refractivity contribution is 5.96. The monoisotopic (exact) mass is 222 g/mol. The maximum atomic E-state index is 11.9. The van der Waals surface area contributed by atoms with Gasteiger partial charge >= 0.3 is 0 Å². The first kappa shape index (κ1) is 12.5. The highest BCUT2D eigenvalue weighted by Crippen LogP contribution is 2.22. The van der Waals surface area contributed by atoms with Crippen molar-refractivity contribution in [2.75, 3.05) is 21.2 Å². The molecule has 0 aliphatic rings. The van der Waals surface area contributed by atoms with E-state index in [1.54, 1.807) is 20.3 Å². The summed E-state index contributed by atoms with van der Waals surface area (Å²) in [7, 11) is 4.94. The first-order chi connectivity index (χ1) is 7.47. The predicted octanol–water partition coefficient (Wildman–Crippen LogP) is 1.92. The number of carbonyl (C=O) groups is 1. The Morgan fingerprint density at radius 2 is 2.06 bits per heavy atom. The van der Waals surface area contributed by atoms with E-state index < -0.39 is 0 Å². The van der Waals surface area contributed by atoms with Crippen LogP contribution in [0.5, 0.6) is 5.88 Å². The average molecular weight is 222 g/mol. The number of hydrogen-bond acceptors (Lipinski definition) is 3. The average Bonchev–Trinajstić information content (AvgIpc) is 2.26. The van der Waals surface area contributed by atoms with Crippen molar-refractivity contribution in [1.29, 1.82) is 0 Å². The van der Waals surface area contributed by atoms with Crippen LogP contribution >= 0.6 is 0 Å². The molecule has 4 nitrogen and oxygen atoms in total. The van der Waals surface area contributed by atoms with Gasteiger partial charge in [-0.1, -0.05) is 13.8 Å². The van der Waals surface area contributed by atoms with Gasteiger partial charge in [0.05, 0.1) is 7.11 Å². The Hall–Kier alpha value is -1.58. The van der Waals surface area contributed by atoms with Gasteiger partial charge in [0.2, 0.25) is 5.88 Å². The predicted molar refractivity (Wildman–Crippen MR) is 62.9 cm³/mol. The van der Waals surface area contributed by atoms with Gasteiger partial charge < -0.3 is 9.64 Å². The Morgan fingerprint density at radius 3 is 2.50 bits per heavy atom. The van der Waals surface area contributed by atoms with Crippen molar-refractivity contribution in [2.24, 2.45) is 0 Å². The number of carbonyl (C=O) groups excluding carboxylic acids is 1. The van der Waals surface area contributed by atoms with Crippen molar-refractivity contribution in [1.82, 2.24) is 9.88 Å². The Labute approximate surface area is 96.2 Å². The molecule has 4 heteroatoms. The van der Waals surface area contributed by atoms with Gasteiger partial charge in [-0.15, -0.1) is 0 Å². The lowest BCUT2D eigenvalue weighted by Gasteiger charge is -2.14. The van der Waals surface area contributed by atoms with Gasteiger partial charge in [-0.25, -0.2) is 4.98 Å². The lowest BCUT2D eigenvalue weighted by atomic mass is 10.0. The molecule has 0 aliphatic heterocycles. The quantitative estimate of drug-likeness (QED) is 0.784. The number of nitrogens with zero attached hydrogens (tertiary/aromatic N) is 2. The zero-order valence-corrected chi connectivity index (χ0v) is 10.4. The molecule has 0 saturated heterocycles. The highest BCUT2D eigenvalue weighted by atomic mass is 16.5. The molecule has 1 aromatic heterocycles. The molecule has 0 unspecified atom stereocenters. The topological polar surface area (TPSA) is 42.4 Å². The van der Waals surface area contributed by atoms with Gasteiger partial charge in [0.15, 0.2) is 0 Å². The number of ether oxygens (including phenoxy) is 1. The van der Waals surface area contributed by atoms with Crippen LogP contribution in [0.3, 0.4) is 0 Å². The number of pyridine rings is 1. The molecule has 0 aliphatic carbocycles. The Bertz CT molecular complexity index is 387. The minimum atomic E-state index is -0.0909. The third-order valence-corrected chi connectivity index (χ3v) is 2.37. The van der Waals surface area contributed by atoms with Crippen LogP contribution in [0.1, 0.15) is 35.7 Å². The number of amides is 1. The molecule has 0 N–H and O–H groups in total. The molecule has 0 fully saturated rings. The van der Waals surface area contributed by atoms with E-state index >= 15 is 0 Å². The van der Waals surface area contributed by atoms with Gasteiger partial charge in [0, 0.05) is 20.3 Å². The van der Waals surface area contributed by atoms with Gasteiger partial charge in [-0.3, -0.25) is 4.79 Å². The second kappa shape index (κ2) is 4.96. The van der Waals surface area contributed by atoms with Crippen LogP contribution in [0, 0.1) is 0 Å². The number of methoxy groups -OCH3 is 1. The first-order valence-corrected chi connectivity index (χ1v) is 5.23. The van der Waals surface area contributed by atoms with Crippen molar-refractivity contribution in [3.63, 3.8) is 0 Å². The number of aromatic nitrogens is 1. The van der Waals surface area contributed by atoms with Crippen molar-refractivity contribution in [3.05, 3.63) is 23.4 Å². The van der Waals surface area contributed by atoms with Crippen LogP contribution in [0.4, 0.5) is 0 Å². The van der Waals surface area contributed by atoms with E-state index in [4.69, 9.17) is 4.74 Å². The van der Waals surface area contributed by atoms with Gasteiger partial charge in [0.1, 0.15) is 5.56 Å². The number of hydrogen-bond donors (Lipinski definition) is 0. The largest absolute Gasteiger partial charge is 0.480 e. The molecule has 1 rings (SSSR count). The maximum absolute atomic E-state index is 11.9. The second-order valence-corrected chi connectivity index (χ2v) is 4.18. The molecular formula is C12H18N2O2. The fourth-order valence-electron chi connectivity index (χ4n) is 1.34. The second-order valence-electron chi connectivity index (χ2n) is 4.18. The molecule has 88 valence electrons. The van der Waals surface area contributed by atoms with E-state index in [1.165, 1.54) is 12.0 Å². The van der Waals surface area contributed by atoms with E-state index in [-0.39, 0.29) is 5.91 Å². The van der Waals surface area contributed by atoms with Gasteiger partial charge in [-0.05, 0) is 17.5 Å². The molecule has 0 atom stereocenters. The van der Waals surface area contributed by atoms with Gasteiger partial charge in [0.25, 0.3) is 5.91 Å². The van der Waals surface area contributed by atoms with Crippen LogP contribution in [0.2, 0.25) is 0 Å². The summed E-state index contributed by atoms with van der Waals surface area (Å²) in [6.07, 6.45) is 1.75. The molecular weight excluding hydrogens is 204 g/mol. The maximum Gasteiger partial charge on any atom is 0.258 e. The molecule has 0 saturated carbocycles. The van der Waals surface area contributed by atoms with Crippen molar-refractivity contribution in [3.8, 4) is 5.88 Å². The molecule has 0 aromatic carbocycles. The fraction of sp³-hybridized carbons (Fsp3) is 0.500. The lowest BCUT2D eigenvalue weighted by molar-refractivity contribution is 0.0823. The molecule has 0 radical (unpaired) electrons. The van der Waals surface area contributed by atoms with Crippen LogP contribution in [0.25, 0.3) is 0 Å². The van der Waals surface area contributed by atoms with Crippen LogP contribution < -0.4 is 4.74 Å². The summed E-state index contributed by atoms with van der Waals surface area (Å²) in [4.78, 5) is 17.6. The normalized spacial score (nSPS) is 10.4. The minimum absolute atomic E-state index is 0.0909. The van der Waals surface area contributed by atoms with E-state index in [0.29, 0.717) is 17.4 Å². The third-order valence-electron chi connectivity index (χ3n) is 2.37. The summed E-state index contributed by atoms with van der Waals surface area (Å²) in [5, 5.41) is 0. The van der Waals surface area contributed by atoms with Crippen LogP contribution in [0.15, 0.2) is 12.3 Å². The summed E-state index contributed by atoms with van der Waals surface area (Å²) < 4.78 is 5.09. The van der Waals surface area contributed by atoms with Crippen molar-refractivity contribution >= 4 is 5.91 Å². The smallest absolute Gasteiger partial charge is 0.258 e. The summed E-state index contributed by atoms with van der Waals surface area (Å²) in [6.45, 7) is 4.13. The highest BCUT2D eigenvalue weighted by Gasteiger charge is 2.16. The van der Waals surface area contributed by atoms with E-state index in [1.807, 2.05) is 6.07 Å². The summed E-state index contributed by atoms with van der Waals surface area (Å²) in [5.41, 5.74) is 1.55. The first-order valence-electron chi connectivity index (χ1n) is 5.23. The summed E-state index contributed by atoms with van der Waals surface area (Å²) in [6, 6.07) is 1.85. The Kier molecular flexibility index (Phi) is 3.88. The summed E-state index contributed by atoms with van der Waals surface area (Å²) >= 11 is 0. The molecule has 1 heterocycles. The third kappa shape index (κ3) is 2.51. The van der Waals surface area contributed by atoms with Crippen molar-refractivity contribution < 1.29 is 9.53 Å². The fourth-order valence-corrected chi connectivity index (χ4v) is 1.34. The number of rotatable bonds is 3. The zero-order chi connectivity index (χ0) is 12.3. The van der Waals surface area contributed by atoms with Gasteiger partial charge in [-0.2, -0.15) is 0 Å². The SMILES string of the molecule is COc1ncc(C(C)C)cc1C(=O)N(C)C. The van der Waals surface area contributed by atoms with E-state index in [2.05, 4.69) is 18.8 Å². The van der Waals surface area contributed by atoms with E-state index in [9.17, 15) is 4.79 Å². The minimum Gasteiger partial charge on any atom is -0.480 e. The molecule has 0 bridgehead atoms. The molecule has 1 aromatic rings. The molecule has 16 heavy (non-hydrogen) atoms. The molecule has 1 amide bonds. The Balaban J connectivity index is 3.22. The Morgan fingerprint density at radius 1 is 1.44 bits per heavy atom. The zero-order valence-electron chi connectivity index (χ0n) is 10.4. The van der Waals surface area contributed by atoms with Crippen molar-refractivity contribution in [2.45, 2.75) is 19.8 Å².